The van der Waals surface area contributed by atoms with Crippen LogP contribution in [-0.4, -0.2) is 65.8 Å². The van der Waals surface area contributed by atoms with Gasteiger partial charge in [-0.15, -0.1) is 0 Å². The van der Waals surface area contributed by atoms with Crippen molar-refractivity contribution in [3.05, 3.63) is 0 Å². The first-order valence-electron chi connectivity index (χ1n) is 5.49. The maximum absolute atomic E-state index is 11.0. The minimum atomic E-state index is -0.951. The Morgan fingerprint density at radius 2 is 2.12 bits per heavy atom. The number of amides is 1. The maximum Gasteiger partial charge on any atom is 0.407 e. The van der Waals surface area contributed by atoms with Gasteiger partial charge >= 0.3 is 6.09 Å². The van der Waals surface area contributed by atoms with Crippen molar-refractivity contribution >= 4 is 6.09 Å². The SMILES string of the molecule is O=C(O)N1CC(CO)OC2(CCOCC2)C1. The summed E-state index contributed by atoms with van der Waals surface area (Å²) >= 11 is 0. The fourth-order valence-electron chi connectivity index (χ4n) is 2.35. The van der Waals surface area contributed by atoms with Gasteiger partial charge in [-0.1, -0.05) is 0 Å². The number of rotatable bonds is 1. The summed E-state index contributed by atoms with van der Waals surface area (Å²) in [5.74, 6) is 0. The summed E-state index contributed by atoms with van der Waals surface area (Å²) in [4.78, 5) is 12.3. The summed E-state index contributed by atoms with van der Waals surface area (Å²) in [5.41, 5.74) is -0.456. The average molecular weight is 231 g/mol. The summed E-state index contributed by atoms with van der Waals surface area (Å²) < 4.78 is 11.1. The molecule has 0 aromatic heterocycles. The lowest BCUT2D eigenvalue weighted by molar-refractivity contribution is -0.191. The predicted octanol–water partition coefficient (Wildman–Crippen LogP) is -0.0933. The van der Waals surface area contributed by atoms with Crippen LogP contribution in [0.15, 0.2) is 0 Å². The summed E-state index contributed by atoms with van der Waals surface area (Å²) in [6.45, 7) is 1.65. The van der Waals surface area contributed by atoms with Gasteiger partial charge in [0.15, 0.2) is 0 Å². The van der Waals surface area contributed by atoms with Gasteiger partial charge in [-0.2, -0.15) is 0 Å². The van der Waals surface area contributed by atoms with E-state index in [9.17, 15) is 4.79 Å². The van der Waals surface area contributed by atoms with E-state index in [-0.39, 0.29) is 13.2 Å². The van der Waals surface area contributed by atoms with Crippen LogP contribution in [0.3, 0.4) is 0 Å². The van der Waals surface area contributed by atoms with E-state index in [4.69, 9.17) is 19.7 Å². The van der Waals surface area contributed by atoms with Crippen molar-refractivity contribution in [3.63, 3.8) is 0 Å². The molecule has 2 rings (SSSR count). The average Bonchev–Trinajstić information content (AvgIpc) is 2.29. The molecule has 2 fully saturated rings. The number of ether oxygens (including phenoxy) is 2. The molecule has 1 unspecified atom stereocenters. The molecule has 2 aliphatic heterocycles. The molecule has 1 amide bonds. The minimum Gasteiger partial charge on any atom is -0.465 e. The molecule has 2 saturated heterocycles. The molecule has 2 aliphatic rings. The molecule has 0 aliphatic carbocycles. The van der Waals surface area contributed by atoms with Crippen molar-refractivity contribution in [1.82, 2.24) is 4.90 Å². The van der Waals surface area contributed by atoms with Crippen molar-refractivity contribution in [2.75, 3.05) is 32.9 Å². The van der Waals surface area contributed by atoms with E-state index in [1.807, 2.05) is 0 Å². The Kier molecular flexibility index (Phi) is 3.32. The standard InChI is InChI=1S/C10H17NO5/c12-6-8-5-11(9(13)14)7-10(16-8)1-3-15-4-2-10/h8,12H,1-7H2,(H,13,14). The molecule has 0 saturated carbocycles. The monoisotopic (exact) mass is 231 g/mol. The lowest BCUT2D eigenvalue weighted by Crippen LogP contribution is -2.59. The van der Waals surface area contributed by atoms with Gasteiger partial charge < -0.3 is 24.6 Å². The second-order valence-corrected chi connectivity index (χ2v) is 4.38. The van der Waals surface area contributed by atoms with Crippen molar-refractivity contribution in [2.24, 2.45) is 0 Å². The first-order valence-corrected chi connectivity index (χ1v) is 5.49. The molecule has 1 spiro atoms. The lowest BCUT2D eigenvalue weighted by atomic mass is 9.91. The molecular weight excluding hydrogens is 214 g/mol. The van der Waals surface area contributed by atoms with Crippen molar-refractivity contribution in [2.45, 2.75) is 24.5 Å². The Labute approximate surface area is 93.7 Å². The molecule has 0 bridgehead atoms. The highest BCUT2D eigenvalue weighted by Gasteiger charge is 2.43. The molecular formula is C10H17NO5. The predicted molar refractivity (Wildman–Crippen MR) is 54.3 cm³/mol. The Morgan fingerprint density at radius 1 is 1.44 bits per heavy atom. The number of carbonyl (C=O) groups is 1. The van der Waals surface area contributed by atoms with Crippen LogP contribution in [0.1, 0.15) is 12.8 Å². The second-order valence-electron chi connectivity index (χ2n) is 4.38. The summed E-state index contributed by atoms with van der Waals surface area (Å²) in [6, 6.07) is 0. The van der Waals surface area contributed by atoms with Crippen LogP contribution >= 0.6 is 0 Å². The number of morpholine rings is 1. The minimum absolute atomic E-state index is 0.146. The number of hydrogen-bond donors (Lipinski definition) is 2. The fraction of sp³-hybridized carbons (Fsp3) is 0.900. The number of aliphatic hydroxyl groups is 1. The highest BCUT2D eigenvalue weighted by molar-refractivity contribution is 5.65. The normalized spacial score (nSPS) is 29.3. The Morgan fingerprint density at radius 3 is 2.69 bits per heavy atom. The van der Waals surface area contributed by atoms with E-state index >= 15 is 0 Å². The van der Waals surface area contributed by atoms with E-state index in [2.05, 4.69) is 0 Å². The van der Waals surface area contributed by atoms with Crippen LogP contribution in [-0.2, 0) is 9.47 Å². The van der Waals surface area contributed by atoms with Crippen molar-refractivity contribution < 1.29 is 24.5 Å². The third-order valence-corrected chi connectivity index (χ3v) is 3.20. The lowest BCUT2D eigenvalue weighted by Gasteiger charge is -2.46. The third-order valence-electron chi connectivity index (χ3n) is 3.20. The number of hydrogen-bond acceptors (Lipinski definition) is 4. The topological polar surface area (TPSA) is 79.2 Å². The van der Waals surface area contributed by atoms with Crippen molar-refractivity contribution in [3.8, 4) is 0 Å². The van der Waals surface area contributed by atoms with Gasteiger partial charge in [0.2, 0.25) is 0 Å². The molecule has 2 N–H and O–H groups in total. The van der Waals surface area contributed by atoms with Crippen LogP contribution in [0.2, 0.25) is 0 Å². The molecule has 0 radical (unpaired) electrons. The van der Waals surface area contributed by atoms with E-state index in [1.165, 1.54) is 4.90 Å². The highest BCUT2D eigenvalue weighted by atomic mass is 16.5. The van der Waals surface area contributed by atoms with E-state index in [0.717, 1.165) is 0 Å². The molecule has 0 aromatic carbocycles. The van der Waals surface area contributed by atoms with E-state index in [1.54, 1.807) is 0 Å². The number of nitrogens with zero attached hydrogens (tertiary/aromatic N) is 1. The third kappa shape index (κ3) is 2.28. The summed E-state index contributed by atoms with van der Waals surface area (Å²) in [7, 11) is 0. The first kappa shape index (κ1) is 11.6. The number of carboxylic acid groups (broad SMARTS) is 1. The van der Waals surface area contributed by atoms with Crippen LogP contribution < -0.4 is 0 Å². The molecule has 0 aromatic rings. The van der Waals surface area contributed by atoms with Crippen molar-refractivity contribution in [1.29, 1.82) is 0 Å². The van der Waals surface area contributed by atoms with Gasteiger partial charge in [0, 0.05) is 26.1 Å². The maximum atomic E-state index is 11.0. The van der Waals surface area contributed by atoms with Gasteiger partial charge in [0.1, 0.15) is 0 Å². The molecule has 92 valence electrons. The van der Waals surface area contributed by atoms with Gasteiger partial charge in [0.25, 0.3) is 0 Å². The quantitative estimate of drug-likeness (QED) is 0.659. The molecule has 2 heterocycles. The Balaban J connectivity index is 2.09. The van der Waals surface area contributed by atoms with Gasteiger partial charge in [-0.3, -0.25) is 0 Å². The van der Waals surface area contributed by atoms with Gasteiger partial charge in [0.05, 0.1) is 31.4 Å². The first-order chi connectivity index (χ1) is 7.65. The zero-order valence-electron chi connectivity index (χ0n) is 9.09. The molecule has 6 heteroatoms. The van der Waals surface area contributed by atoms with Crippen LogP contribution in [0.25, 0.3) is 0 Å². The fourth-order valence-corrected chi connectivity index (χ4v) is 2.35. The van der Waals surface area contributed by atoms with Gasteiger partial charge in [-0.25, -0.2) is 4.79 Å². The van der Waals surface area contributed by atoms with Gasteiger partial charge in [-0.05, 0) is 0 Å². The van der Waals surface area contributed by atoms with Crippen LogP contribution in [0.5, 0.6) is 0 Å². The Bertz CT molecular complexity index is 264. The molecule has 1 atom stereocenters. The van der Waals surface area contributed by atoms with E-state index < -0.39 is 17.8 Å². The smallest absolute Gasteiger partial charge is 0.407 e. The zero-order chi connectivity index (χ0) is 11.6. The largest absolute Gasteiger partial charge is 0.465 e. The number of aliphatic hydroxyl groups excluding tert-OH is 1. The summed E-state index contributed by atoms with van der Waals surface area (Å²) in [6.07, 6.45) is 0.0103. The molecule has 6 nitrogen and oxygen atoms in total. The highest BCUT2D eigenvalue weighted by Crippen LogP contribution is 2.31. The second kappa shape index (κ2) is 4.57. The van der Waals surface area contributed by atoms with E-state index in [0.29, 0.717) is 32.6 Å². The molecule has 16 heavy (non-hydrogen) atoms. The zero-order valence-corrected chi connectivity index (χ0v) is 9.09. The van der Waals surface area contributed by atoms with Crippen LogP contribution in [0.4, 0.5) is 4.79 Å². The van der Waals surface area contributed by atoms with Crippen LogP contribution in [0, 0.1) is 0 Å². The summed E-state index contributed by atoms with van der Waals surface area (Å²) in [5, 5.41) is 18.2. The Hall–Kier alpha value is -0.850.